The van der Waals surface area contributed by atoms with Gasteiger partial charge in [0.1, 0.15) is 11.3 Å². The van der Waals surface area contributed by atoms with E-state index in [1.54, 1.807) is 0 Å². The standard InChI is InChI=1S/C15H18N2O2/c1-16-8-7-12(10-16)17(2)13-9-11-5-3-4-6-14(11)19-15(13)18/h3-6,9,12H,7-8,10H2,1-2H3/t12-/m0/s1. The lowest BCUT2D eigenvalue weighted by Crippen LogP contribution is -2.36. The van der Waals surface area contributed by atoms with E-state index in [4.69, 9.17) is 4.42 Å². The van der Waals surface area contributed by atoms with Crippen LogP contribution in [0.3, 0.4) is 0 Å². The van der Waals surface area contributed by atoms with Gasteiger partial charge < -0.3 is 14.2 Å². The van der Waals surface area contributed by atoms with Crippen LogP contribution >= 0.6 is 0 Å². The summed E-state index contributed by atoms with van der Waals surface area (Å²) in [4.78, 5) is 16.4. The van der Waals surface area contributed by atoms with Gasteiger partial charge in [0.15, 0.2) is 0 Å². The fraction of sp³-hybridized carbons (Fsp3) is 0.400. The topological polar surface area (TPSA) is 36.7 Å². The third-order valence-electron chi connectivity index (χ3n) is 3.92. The fourth-order valence-corrected chi connectivity index (χ4v) is 2.72. The number of likely N-dealkylation sites (N-methyl/N-ethyl adjacent to an activating group) is 2. The van der Waals surface area contributed by atoms with Crippen molar-refractivity contribution in [3.05, 3.63) is 40.8 Å². The molecule has 0 radical (unpaired) electrons. The molecule has 4 nitrogen and oxygen atoms in total. The highest BCUT2D eigenvalue weighted by Gasteiger charge is 2.25. The van der Waals surface area contributed by atoms with E-state index >= 15 is 0 Å². The fourth-order valence-electron chi connectivity index (χ4n) is 2.72. The van der Waals surface area contributed by atoms with Crippen molar-refractivity contribution in [3.8, 4) is 0 Å². The molecule has 3 rings (SSSR count). The first kappa shape index (κ1) is 12.2. The summed E-state index contributed by atoms with van der Waals surface area (Å²) in [5.41, 5.74) is 1.04. The van der Waals surface area contributed by atoms with E-state index in [-0.39, 0.29) is 5.63 Å². The second-order valence-corrected chi connectivity index (χ2v) is 5.27. The molecule has 1 aromatic heterocycles. The molecule has 0 amide bonds. The second-order valence-electron chi connectivity index (χ2n) is 5.27. The van der Waals surface area contributed by atoms with E-state index in [9.17, 15) is 4.79 Å². The van der Waals surface area contributed by atoms with Crippen molar-refractivity contribution >= 4 is 16.7 Å². The molecule has 0 N–H and O–H groups in total. The molecule has 1 aliphatic heterocycles. The van der Waals surface area contributed by atoms with Crippen LogP contribution in [0.1, 0.15) is 6.42 Å². The molecule has 0 bridgehead atoms. The Labute approximate surface area is 112 Å². The monoisotopic (exact) mass is 258 g/mol. The Hall–Kier alpha value is -1.81. The number of hydrogen-bond acceptors (Lipinski definition) is 4. The van der Waals surface area contributed by atoms with Gasteiger partial charge >= 0.3 is 5.63 Å². The maximum Gasteiger partial charge on any atom is 0.360 e. The van der Waals surface area contributed by atoms with Crippen molar-refractivity contribution in [1.29, 1.82) is 0 Å². The first-order chi connectivity index (χ1) is 9.15. The number of anilines is 1. The van der Waals surface area contributed by atoms with Gasteiger partial charge in [-0.3, -0.25) is 0 Å². The molecule has 1 atom stereocenters. The highest BCUT2D eigenvalue weighted by atomic mass is 16.4. The molecule has 0 spiro atoms. The highest BCUT2D eigenvalue weighted by molar-refractivity contribution is 5.79. The van der Waals surface area contributed by atoms with Crippen LogP contribution in [-0.4, -0.2) is 38.1 Å². The number of likely N-dealkylation sites (tertiary alicyclic amines) is 1. The SMILES string of the molecule is CN1CC[C@H](N(C)c2cc3ccccc3oc2=O)C1. The van der Waals surface area contributed by atoms with E-state index in [1.807, 2.05) is 37.4 Å². The third-order valence-corrected chi connectivity index (χ3v) is 3.92. The summed E-state index contributed by atoms with van der Waals surface area (Å²) in [7, 11) is 4.08. The van der Waals surface area contributed by atoms with Gasteiger partial charge in [0.05, 0.1) is 0 Å². The number of para-hydroxylation sites is 1. The Morgan fingerprint density at radius 1 is 1.37 bits per heavy atom. The number of hydrogen-bond donors (Lipinski definition) is 0. The highest BCUT2D eigenvalue weighted by Crippen LogP contribution is 2.21. The van der Waals surface area contributed by atoms with Gasteiger partial charge in [0.2, 0.25) is 0 Å². The molecule has 1 aromatic carbocycles. The Bertz CT molecular complexity index is 650. The van der Waals surface area contributed by atoms with E-state index in [2.05, 4.69) is 16.8 Å². The number of fused-ring (bicyclic) bond motifs is 1. The third kappa shape index (κ3) is 2.24. The zero-order valence-corrected chi connectivity index (χ0v) is 11.3. The lowest BCUT2D eigenvalue weighted by atomic mass is 10.2. The van der Waals surface area contributed by atoms with Gasteiger partial charge in [-0.1, -0.05) is 18.2 Å². The van der Waals surface area contributed by atoms with Gasteiger partial charge in [-0.05, 0) is 32.1 Å². The molecule has 2 aromatic rings. The lowest BCUT2D eigenvalue weighted by molar-refractivity contribution is 0.409. The van der Waals surface area contributed by atoms with Gasteiger partial charge in [0, 0.05) is 25.0 Å². The lowest BCUT2D eigenvalue weighted by Gasteiger charge is -2.25. The zero-order chi connectivity index (χ0) is 13.4. The van der Waals surface area contributed by atoms with E-state index in [1.165, 1.54) is 0 Å². The van der Waals surface area contributed by atoms with Crippen LogP contribution in [0.2, 0.25) is 0 Å². The number of benzene rings is 1. The van der Waals surface area contributed by atoms with Crippen LogP contribution in [-0.2, 0) is 0 Å². The average molecular weight is 258 g/mol. The molecule has 0 saturated carbocycles. The van der Waals surface area contributed by atoms with E-state index < -0.39 is 0 Å². The summed E-state index contributed by atoms with van der Waals surface area (Å²) >= 11 is 0. The number of nitrogens with zero attached hydrogens (tertiary/aromatic N) is 2. The van der Waals surface area contributed by atoms with Crippen molar-refractivity contribution < 1.29 is 4.42 Å². The smallest absolute Gasteiger partial charge is 0.360 e. The molecule has 1 fully saturated rings. The second kappa shape index (κ2) is 4.70. The molecule has 19 heavy (non-hydrogen) atoms. The minimum absolute atomic E-state index is 0.254. The van der Waals surface area contributed by atoms with Crippen LogP contribution in [0.5, 0.6) is 0 Å². The van der Waals surface area contributed by atoms with Crippen molar-refractivity contribution in [2.24, 2.45) is 0 Å². The number of rotatable bonds is 2. The van der Waals surface area contributed by atoms with Crippen LogP contribution in [0.4, 0.5) is 5.69 Å². The van der Waals surface area contributed by atoms with Crippen molar-refractivity contribution in [2.75, 3.05) is 32.1 Å². The molecule has 100 valence electrons. The summed E-state index contributed by atoms with van der Waals surface area (Å²) in [5.74, 6) is 0. The Morgan fingerprint density at radius 2 is 2.16 bits per heavy atom. The summed E-state index contributed by atoms with van der Waals surface area (Å²) in [5, 5.41) is 0.968. The van der Waals surface area contributed by atoms with Crippen LogP contribution in [0, 0.1) is 0 Å². The van der Waals surface area contributed by atoms with Crippen molar-refractivity contribution in [3.63, 3.8) is 0 Å². The predicted octanol–water partition coefficient (Wildman–Crippen LogP) is 1.93. The molecular weight excluding hydrogens is 240 g/mol. The van der Waals surface area contributed by atoms with Gasteiger partial charge in [0.25, 0.3) is 0 Å². The first-order valence-electron chi connectivity index (χ1n) is 6.59. The van der Waals surface area contributed by atoms with Crippen LogP contribution in [0.15, 0.2) is 39.5 Å². The van der Waals surface area contributed by atoms with E-state index in [0.717, 1.165) is 24.9 Å². The summed E-state index contributed by atoms with van der Waals surface area (Å²) < 4.78 is 5.39. The molecule has 2 heterocycles. The molecule has 1 saturated heterocycles. The quantitative estimate of drug-likeness (QED) is 0.771. The summed E-state index contributed by atoms with van der Waals surface area (Å²) in [6.45, 7) is 2.07. The largest absolute Gasteiger partial charge is 0.421 e. The molecular formula is C15H18N2O2. The predicted molar refractivity (Wildman–Crippen MR) is 76.8 cm³/mol. The Balaban J connectivity index is 2.00. The van der Waals surface area contributed by atoms with Crippen LogP contribution < -0.4 is 10.5 Å². The normalized spacial score (nSPS) is 20.0. The molecule has 1 aliphatic rings. The molecule has 0 unspecified atom stereocenters. The maximum atomic E-state index is 12.1. The van der Waals surface area contributed by atoms with Crippen molar-refractivity contribution in [2.45, 2.75) is 12.5 Å². The zero-order valence-electron chi connectivity index (χ0n) is 11.3. The van der Waals surface area contributed by atoms with Crippen LogP contribution in [0.25, 0.3) is 11.0 Å². The summed E-state index contributed by atoms with van der Waals surface area (Å²) in [6.07, 6.45) is 1.08. The van der Waals surface area contributed by atoms with Gasteiger partial charge in [-0.25, -0.2) is 4.79 Å². The van der Waals surface area contributed by atoms with Gasteiger partial charge in [-0.2, -0.15) is 0 Å². The minimum atomic E-state index is -0.254. The minimum Gasteiger partial charge on any atom is -0.421 e. The Kier molecular flexibility index (Phi) is 3.03. The molecule has 4 heteroatoms. The maximum absolute atomic E-state index is 12.1. The summed E-state index contributed by atoms with van der Waals surface area (Å²) in [6, 6.07) is 9.93. The first-order valence-corrected chi connectivity index (χ1v) is 6.59. The van der Waals surface area contributed by atoms with E-state index in [0.29, 0.717) is 17.3 Å². The average Bonchev–Trinajstić information content (AvgIpc) is 2.84. The molecule has 0 aliphatic carbocycles. The Morgan fingerprint density at radius 3 is 2.89 bits per heavy atom. The van der Waals surface area contributed by atoms with Crippen molar-refractivity contribution in [1.82, 2.24) is 4.90 Å². The van der Waals surface area contributed by atoms with Gasteiger partial charge in [-0.15, -0.1) is 0 Å².